The highest BCUT2D eigenvalue weighted by atomic mass is 32.2. The maximum absolute atomic E-state index is 9.79. The first kappa shape index (κ1) is 7.90. The molecule has 0 N–H and O–H groups in total. The lowest BCUT2D eigenvalue weighted by Crippen LogP contribution is -2.04. The predicted molar refractivity (Wildman–Crippen MR) is 30.1 cm³/mol. The first-order chi connectivity index (χ1) is 3.55. The van der Waals surface area contributed by atoms with Crippen LogP contribution in [0.2, 0.25) is 0 Å². The van der Waals surface area contributed by atoms with Crippen LogP contribution in [0.3, 0.4) is 0 Å². The highest BCUT2D eigenvalue weighted by Crippen LogP contribution is 1.84. The summed E-state index contributed by atoms with van der Waals surface area (Å²) in [4.78, 5) is 0. The summed E-state index contributed by atoms with van der Waals surface area (Å²) in [7, 11) is -5.59. The van der Waals surface area contributed by atoms with Crippen molar-refractivity contribution in [3.05, 3.63) is 0 Å². The Morgan fingerprint density at radius 3 is 1.25 bits per heavy atom. The molecule has 0 aliphatic rings. The molecule has 0 bridgehead atoms. The normalized spacial score (nSPS) is 11.5. The van der Waals surface area contributed by atoms with Gasteiger partial charge in [0.2, 0.25) is 0 Å². The molecule has 4 nitrogen and oxygen atoms in total. The maximum Gasteiger partial charge on any atom is 0.156 e. The van der Waals surface area contributed by atoms with E-state index in [0.29, 0.717) is 0 Å². The molecule has 0 radical (unpaired) electrons. The summed E-state index contributed by atoms with van der Waals surface area (Å²) >= 11 is 0. The van der Waals surface area contributed by atoms with Crippen LogP contribution in [0.1, 0.15) is 6.92 Å². The van der Waals surface area contributed by atoms with Crippen LogP contribution < -0.4 is 0 Å². The van der Waals surface area contributed by atoms with Gasteiger partial charge in [-0.25, -0.2) is 16.8 Å². The second-order valence-corrected chi connectivity index (χ2v) is 4.30. The Morgan fingerprint density at radius 2 is 1.25 bits per heavy atom. The lowest BCUT2D eigenvalue weighted by Gasteiger charge is -1.84. The Balaban J connectivity index is 4.27. The molecule has 50 valence electrons. The molecule has 0 rings (SSSR count). The summed E-state index contributed by atoms with van der Waals surface area (Å²) in [6, 6.07) is 0. The third-order valence-corrected chi connectivity index (χ3v) is 2.96. The summed E-state index contributed by atoms with van der Waals surface area (Å²) in [5.74, 6) is 0. The van der Waals surface area contributed by atoms with Crippen molar-refractivity contribution >= 4 is 21.4 Å². The molecule has 0 unspecified atom stereocenters. The van der Waals surface area contributed by atoms with Gasteiger partial charge in [0, 0.05) is 0 Å². The molecule has 0 fully saturated rings. The van der Waals surface area contributed by atoms with Gasteiger partial charge in [0.05, 0.1) is 0 Å². The Kier molecular flexibility index (Phi) is 2.99. The fourth-order valence-corrected chi connectivity index (χ4v) is 0.693. The van der Waals surface area contributed by atoms with E-state index in [1.54, 1.807) is 0 Å². The number of hydrogen-bond donors (Lipinski definition) is 2. The van der Waals surface area contributed by atoms with Crippen molar-refractivity contribution < 1.29 is 16.8 Å². The van der Waals surface area contributed by atoms with E-state index in [1.807, 2.05) is 0 Å². The molecule has 0 amide bonds. The van der Waals surface area contributed by atoms with Crippen molar-refractivity contribution in [1.29, 1.82) is 0 Å². The molecular weight excluding hydrogens is 152 g/mol. The molecule has 0 saturated heterocycles. The van der Waals surface area contributed by atoms with Crippen molar-refractivity contribution in [2.75, 3.05) is 0 Å². The summed E-state index contributed by atoms with van der Waals surface area (Å²) in [5.41, 5.74) is 0. The van der Waals surface area contributed by atoms with Crippen LogP contribution in [0.4, 0.5) is 0 Å². The molecule has 0 saturated carbocycles. The predicted octanol–water partition coefficient (Wildman–Crippen LogP) is -1.44. The SMILES string of the molecule is CC([SH](=O)=O)[SH](=O)=O. The molecule has 0 aromatic heterocycles. The van der Waals surface area contributed by atoms with Gasteiger partial charge in [-0.15, -0.1) is 0 Å². The van der Waals surface area contributed by atoms with E-state index in [2.05, 4.69) is 0 Å². The van der Waals surface area contributed by atoms with Crippen LogP contribution >= 0.6 is 0 Å². The molecule has 6 heteroatoms. The fraction of sp³-hybridized carbons (Fsp3) is 1.00. The fourth-order valence-electron chi connectivity index (χ4n) is 0.0770. The number of rotatable bonds is 2. The third kappa shape index (κ3) is 2.27. The van der Waals surface area contributed by atoms with Crippen LogP contribution in [0.5, 0.6) is 0 Å². The highest BCUT2D eigenvalue weighted by Gasteiger charge is 2.04. The molecule has 0 aromatic carbocycles. The summed E-state index contributed by atoms with van der Waals surface area (Å²) in [6.07, 6.45) is 0. The van der Waals surface area contributed by atoms with Crippen LogP contribution in [-0.4, -0.2) is 21.4 Å². The van der Waals surface area contributed by atoms with Crippen molar-refractivity contribution in [3.8, 4) is 0 Å². The number of hydrogen-bond acceptors (Lipinski definition) is 4. The van der Waals surface area contributed by atoms with Gasteiger partial charge in [-0.2, -0.15) is 0 Å². The van der Waals surface area contributed by atoms with Gasteiger partial charge in [0.25, 0.3) is 0 Å². The van der Waals surface area contributed by atoms with E-state index in [1.165, 1.54) is 0 Å². The standard InChI is InChI=1S/C2H6O4S2/c1-2(7(3)4)8(5)6/h2,7-8H,1H3. The van der Waals surface area contributed by atoms with Crippen LogP contribution in [0.15, 0.2) is 0 Å². The average Bonchev–Trinajstić information content (AvgIpc) is 1.64. The lowest BCUT2D eigenvalue weighted by atomic mass is 11.0. The Hall–Kier alpha value is -0.100. The molecule has 0 atom stereocenters. The molecular formula is C2H6O4S2. The van der Waals surface area contributed by atoms with Gasteiger partial charge in [-0.3, -0.25) is 0 Å². The van der Waals surface area contributed by atoms with E-state index in [4.69, 9.17) is 0 Å². The Morgan fingerprint density at radius 1 is 1.00 bits per heavy atom. The largest absolute Gasteiger partial charge is 0.231 e. The maximum atomic E-state index is 9.79. The minimum Gasteiger partial charge on any atom is -0.231 e. The van der Waals surface area contributed by atoms with E-state index < -0.39 is 26.0 Å². The zero-order valence-electron chi connectivity index (χ0n) is 4.10. The van der Waals surface area contributed by atoms with E-state index in [0.717, 1.165) is 6.92 Å². The van der Waals surface area contributed by atoms with Gasteiger partial charge < -0.3 is 0 Å². The highest BCUT2D eigenvalue weighted by molar-refractivity contribution is 7.91. The average molecular weight is 158 g/mol. The van der Waals surface area contributed by atoms with Gasteiger partial charge in [0.1, 0.15) is 0 Å². The third-order valence-electron chi connectivity index (χ3n) is 0.610. The quantitative estimate of drug-likeness (QED) is 0.483. The topological polar surface area (TPSA) is 68.3 Å². The van der Waals surface area contributed by atoms with Gasteiger partial charge in [-0.05, 0) is 6.92 Å². The van der Waals surface area contributed by atoms with Crippen molar-refractivity contribution in [2.24, 2.45) is 0 Å². The summed E-state index contributed by atoms with van der Waals surface area (Å²) in [5, 5.41) is 0. The van der Waals surface area contributed by atoms with E-state index >= 15 is 0 Å². The monoisotopic (exact) mass is 158 g/mol. The van der Waals surface area contributed by atoms with E-state index in [9.17, 15) is 16.8 Å². The number of thiol groups is 2. The molecule has 0 aliphatic heterocycles. The Bertz CT molecular complexity index is 162. The molecule has 0 spiro atoms. The van der Waals surface area contributed by atoms with Crippen LogP contribution in [0.25, 0.3) is 0 Å². The lowest BCUT2D eigenvalue weighted by molar-refractivity contribution is 0.599. The van der Waals surface area contributed by atoms with Crippen molar-refractivity contribution in [1.82, 2.24) is 0 Å². The van der Waals surface area contributed by atoms with Crippen molar-refractivity contribution in [2.45, 2.75) is 11.5 Å². The smallest absolute Gasteiger partial charge is 0.156 e. The van der Waals surface area contributed by atoms with Crippen LogP contribution in [0, 0.1) is 0 Å². The Labute approximate surface area is 50.4 Å². The second-order valence-electron chi connectivity index (χ2n) is 1.20. The molecule has 8 heavy (non-hydrogen) atoms. The first-order valence-corrected chi connectivity index (χ1v) is 4.32. The zero-order chi connectivity index (χ0) is 6.73. The van der Waals surface area contributed by atoms with Gasteiger partial charge >= 0.3 is 0 Å². The van der Waals surface area contributed by atoms with Gasteiger partial charge in [0.15, 0.2) is 26.0 Å². The second kappa shape index (κ2) is 3.03. The summed E-state index contributed by atoms with van der Waals surface area (Å²) in [6.45, 7) is 1.12. The summed E-state index contributed by atoms with van der Waals surface area (Å²) < 4.78 is 38.0. The molecule has 0 heterocycles. The van der Waals surface area contributed by atoms with Crippen molar-refractivity contribution in [3.63, 3.8) is 0 Å². The molecule has 0 aliphatic carbocycles. The van der Waals surface area contributed by atoms with E-state index in [-0.39, 0.29) is 0 Å². The molecule has 0 aromatic rings. The van der Waals surface area contributed by atoms with Gasteiger partial charge in [-0.1, -0.05) is 0 Å². The van der Waals surface area contributed by atoms with Crippen LogP contribution in [-0.2, 0) is 21.4 Å². The first-order valence-electron chi connectivity index (χ1n) is 1.82. The minimum atomic E-state index is -2.80. The zero-order valence-corrected chi connectivity index (χ0v) is 5.89. The minimum absolute atomic E-state index is 1.12.